The maximum absolute atomic E-state index is 10.1. The molecule has 1 rings (SSSR count). The number of benzene rings is 1. The first-order valence-corrected chi connectivity index (χ1v) is 3.11. The average Bonchev–Trinajstić information content (AvgIpc) is 1.88. The number of anilines is 1. The molecule has 0 aliphatic rings. The lowest BCUT2D eigenvalue weighted by Gasteiger charge is -1.97. The van der Waals surface area contributed by atoms with Gasteiger partial charge in [-0.1, -0.05) is 6.07 Å². The van der Waals surface area contributed by atoms with Crippen molar-refractivity contribution in [2.24, 2.45) is 5.18 Å². The lowest BCUT2D eigenvalue weighted by atomic mass is 10.3. The minimum absolute atomic E-state index is 0.214. The summed E-state index contributed by atoms with van der Waals surface area (Å²) in [6.07, 6.45) is 0. The molecule has 0 bridgehead atoms. The molecule has 3 nitrogen and oxygen atoms in total. The lowest BCUT2D eigenvalue weighted by Crippen LogP contribution is -1.84. The SMILES string of the molecule is Nc1cccc(S)c1N=O. The van der Waals surface area contributed by atoms with Crippen LogP contribution < -0.4 is 5.73 Å². The highest BCUT2D eigenvalue weighted by Crippen LogP contribution is 2.28. The molecule has 1 aromatic carbocycles. The highest BCUT2D eigenvalue weighted by molar-refractivity contribution is 7.80. The predicted molar refractivity (Wildman–Crippen MR) is 43.6 cm³/mol. The lowest BCUT2D eigenvalue weighted by molar-refractivity contribution is 1.37. The van der Waals surface area contributed by atoms with Crippen LogP contribution >= 0.6 is 12.6 Å². The van der Waals surface area contributed by atoms with E-state index >= 15 is 0 Å². The first-order chi connectivity index (χ1) is 4.75. The monoisotopic (exact) mass is 154 g/mol. The summed E-state index contributed by atoms with van der Waals surface area (Å²) in [6, 6.07) is 4.99. The number of nitrogens with two attached hydrogens (primary N) is 1. The summed E-state index contributed by atoms with van der Waals surface area (Å²) >= 11 is 3.97. The fourth-order valence-corrected chi connectivity index (χ4v) is 0.904. The minimum Gasteiger partial charge on any atom is -0.397 e. The number of nitrogen functional groups attached to an aromatic ring is 1. The van der Waals surface area contributed by atoms with E-state index in [2.05, 4.69) is 17.8 Å². The highest BCUT2D eigenvalue weighted by atomic mass is 32.1. The predicted octanol–water partition coefficient (Wildman–Crippen LogP) is 1.96. The Hall–Kier alpha value is -1.03. The molecule has 1 aromatic rings. The smallest absolute Gasteiger partial charge is 0.144 e. The fraction of sp³-hybridized carbons (Fsp3) is 0. The fourth-order valence-electron chi connectivity index (χ4n) is 0.648. The van der Waals surface area contributed by atoms with E-state index in [0.717, 1.165) is 0 Å². The Bertz CT molecular complexity index is 242. The number of nitrogens with zero attached hydrogens (tertiary/aromatic N) is 1. The average molecular weight is 154 g/mol. The molecule has 0 aromatic heterocycles. The van der Waals surface area contributed by atoms with E-state index < -0.39 is 0 Å². The molecule has 0 heterocycles. The molecule has 0 aliphatic carbocycles. The second-order valence-electron chi connectivity index (χ2n) is 1.81. The van der Waals surface area contributed by atoms with Crippen molar-refractivity contribution in [3.63, 3.8) is 0 Å². The summed E-state index contributed by atoms with van der Waals surface area (Å²) < 4.78 is 0. The second-order valence-corrected chi connectivity index (χ2v) is 2.29. The van der Waals surface area contributed by atoms with E-state index in [1.165, 1.54) is 0 Å². The van der Waals surface area contributed by atoms with Gasteiger partial charge in [-0.2, -0.15) is 0 Å². The highest BCUT2D eigenvalue weighted by Gasteiger charge is 2.00. The van der Waals surface area contributed by atoms with E-state index in [1.54, 1.807) is 18.2 Å². The second kappa shape index (κ2) is 2.70. The zero-order valence-corrected chi connectivity index (χ0v) is 6.01. The number of nitroso groups, excluding NO2 is 1. The van der Waals surface area contributed by atoms with Crippen molar-refractivity contribution in [1.82, 2.24) is 0 Å². The van der Waals surface area contributed by atoms with Gasteiger partial charge in [0, 0.05) is 4.90 Å². The Kier molecular flexibility index (Phi) is 1.91. The molecule has 0 spiro atoms. The molecule has 0 saturated heterocycles. The van der Waals surface area contributed by atoms with Crippen LogP contribution in [0.2, 0.25) is 0 Å². The van der Waals surface area contributed by atoms with Gasteiger partial charge in [0.2, 0.25) is 0 Å². The van der Waals surface area contributed by atoms with Crippen molar-refractivity contribution in [3.05, 3.63) is 23.1 Å². The number of hydrogen-bond donors (Lipinski definition) is 2. The Morgan fingerprint density at radius 2 is 2.20 bits per heavy atom. The third kappa shape index (κ3) is 1.11. The summed E-state index contributed by atoms with van der Waals surface area (Å²) in [5.41, 5.74) is 5.97. The van der Waals surface area contributed by atoms with Crippen LogP contribution in [-0.4, -0.2) is 0 Å². The van der Waals surface area contributed by atoms with Crippen molar-refractivity contribution in [3.8, 4) is 0 Å². The molecule has 10 heavy (non-hydrogen) atoms. The molecule has 0 atom stereocenters. The first kappa shape index (κ1) is 7.08. The van der Waals surface area contributed by atoms with E-state index in [9.17, 15) is 4.91 Å². The first-order valence-electron chi connectivity index (χ1n) is 2.66. The standard InChI is InChI=1S/C6H6N2OS/c7-4-2-1-3-5(10)6(4)8-9/h1-3,10H,7H2. The van der Waals surface area contributed by atoms with Crippen LogP contribution in [0.4, 0.5) is 11.4 Å². The van der Waals surface area contributed by atoms with E-state index in [4.69, 9.17) is 5.73 Å². The van der Waals surface area contributed by atoms with Gasteiger partial charge in [-0.05, 0) is 17.3 Å². The molecular formula is C6H6N2OS. The van der Waals surface area contributed by atoms with Crippen molar-refractivity contribution in [1.29, 1.82) is 0 Å². The molecule has 52 valence electrons. The summed E-state index contributed by atoms with van der Waals surface area (Å²) in [5, 5.41) is 2.72. The van der Waals surface area contributed by atoms with Gasteiger partial charge in [-0.15, -0.1) is 17.5 Å². The summed E-state index contributed by atoms with van der Waals surface area (Å²) in [4.78, 5) is 10.6. The Balaban J connectivity index is 3.30. The molecule has 0 aliphatic heterocycles. The zero-order valence-electron chi connectivity index (χ0n) is 5.11. The summed E-state index contributed by atoms with van der Waals surface area (Å²) in [5.74, 6) is 0. The Morgan fingerprint density at radius 3 is 2.60 bits per heavy atom. The molecule has 0 unspecified atom stereocenters. The maximum atomic E-state index is 10.1. The van der Waals surface area contributed by atoms with Crippen LogP contribution in [0.5, 0.6) is 0 Å². The topological polar surface area (TPSA) is 55.4 Å². The van der Waals surface area contributed by atoms with Gasteiger partial charge in [0.1, 0.15) is 5.69 Å². The molecule has 0 saturated carbocycles. The third-order valence-corrected chi connectivity index (χ3v) is 1.50. The van der Waals surface area contributed by atoms with E-state index in [0.29, 0.717) is 10.6 Å². The van der Waals surface area contributed by atoms with Crippen LogP contribution in [0, 0.1) is 4.91 Å². The summed E-state index contributed by atoms with van der Waals surface area (Å²) in [6.45, 7) is 0. The quantitative estimate of drug-likeness (QED) is 0.369. The van der Waals surface area contributed by atoms with Gasteiger partial charge in [0.15, 0.2) is 0 Å². The van der Waals surface area contributed by atoms with Crippen molar-refractivity contribution in [2.75, 3.05) is 5.73 Å². The van der Waals surface area contributed by atoms with Crippen molar-refractivity contribution < 1.29 is 0 Å². The van der Waals surface area contributed by atoms with Gasteiger partial charge in [-0.25, -0.2) is 0 Å². The molecular weight excluding hydrogens is 148 g/mol. The van der Waals surface area contributed by atoms with Crippen LogP contribution in [0.15, 0.2) is 28.3 Å². The van der Waals surface area contributed by atoms with Gasteiger partial charge in [-0.3, -0.25) is 0 Å². The van der Waals surface area contributed by atoms with Crippen molar-refractivity contribution >= 4 is 24.0 Å². The largest absolute Gasteiger partial charge is 0.397 e. The maximum Gasteiger partial charge on any atom is 0.144 e. The van der Waals surface area contributed by atoms with Crippen molar-refractivity contribution in [2.45, 2.75) is 4.90 Å². The molecule has 0 fully saturated rings. The molecule has 4 heteroatoms. The third-order valence-electron chi connectivity index (χ3n) is 1.14. The van der Waals surface area contributed by atoms with Gasteiger partial charge in [0.05, 0.1) is 5.69 Å². The zero-order chi connectivity index (χ0) is 7.56. The van der Waals surface area contributed by atoms with Gasteiger partial charge in [0.25, 0.3) is 0 Å². The number of hydrogen-bond acceptors (Lipinski definition) is 4. The number of rotatable bonds is 1. The van der Waals surface area contributed by atoms with Crippen LogP contribution in [0.1, 0.15) is 0 Å². The van der Waals surface area contributed by atoms with Crippen LogP contribution in [0.25, 0.3) is 0 Å². The molecule has 0 amide bonds. The Morgan fingerprint density at radius 1 is 1.50 bits per heavy atom. The van der Waals surface area contributed by atoms with Crippen LogP contribution in [0.3, 0.4) is 0 Å². The normalized spacial score (nSPS) is 9.30. The van der Waals surface area contributed by atoms with Gasteiger partial charge >= 0.3 is 0 Å². The minimum atomic E-state index is 0.214. The Labute approximate surface area is 63.6 Å². The van der Waals surface area contributed by atoms with Gasteiger partial charge < -0.3 is 5.73 Å². The molecule has 2 N–H and O–H groups in total. The van der Waals surface area contributed by atoms with Crippen LogP contribution in [-0.2, 0) is 0 Å². The number of thiol groups is 1. The summed E-state index contributed by atoms with van der Waals surface area (Å²) in [7, 11) is 0. The van der Waals surface area contributed by atoms with E-state index in [1.807, 2.05) is 0 Å². The van der Waals surface area contributed by atoms with E-state index in [-0.39, 0.29) is 5.69 Å². The molecule has 0 radical (unpaired) electrons.